The highest BCUT2D eigenvalue weighted by Crippen LogP contribution is 2.35. The Labute approximate surface area is 237 Å². The number of hydrogen-bond donors (Lipinski definition) is 3. The minimum atomic E-state index is -1.06. The van der Waals surface area contributed by atoms with Crippen molar-refractivity contribution in [3.63, 3.8) is 0 Å². The SMILES string of the molecule is O=C(O)N[C@H]1CCCC[C@@H]1n1cnc(C(=O)N2CCNC[C@H]2CCOc2ccc(Cl)cc2F)c1-c1ccccc1. The summed E-state index contributed by atoms with van der Waals surface area (Å²) in [5.74, 6) is -0.605. The largest absolute Gasteiger partial charge is 0.490 e. The van der Waals surface area contributed by atoms with E-state index in [4.69, 9.17) is 16.3 Å². The van der Waals surface area contributed by atoms with E-state index >= 15 is 0 Å². The fourth-order valence-corrected chi connectivity index (χ4v) is 5.90. The van der Waals surface area contributed by atoms with E-state index in [0.717, 1.165) is 31.2 Å². The zero-order valence-corrected chi connectivity index (χ0v) is 22.8. The van der Waals surface area contributed by atoms with Crippen molar-refractivity contribution in [1.29, 1.82) is 0 Å². The van der Waals surface area contributed by atoms with E-state index in [1.165, 1.54) is 12.1 Å². The molecule has 40 heavy (non-hydrogen) atoms. The van der Waals surface area contributed by atoms with Crippen LogP contribution in [0.25, 0.3) is 11.3 Å². The van der Waals surface area contributed by atoms with Crippen LogP contribution in [0.3, 0.4) is 0 Å². The summed E-state index contributed by atoms with van der Waals surface area (Å²) in [4.78, 5) is 32.0. The molecule has 3 N–H and O–H groups in total. The van der Waals surface area contributed by atoms with Gasteiger partial charge in [-0.05, 0) is 31.0 Å². The molecule has 0 bridgehead atoms. The van der Waals surface area contributed by atoms with Crippen molar-refractivity contribution >= 4 is 23.6 Å². The molecule has 3 atom stereocenters. The number of hydrogen-bond acceptors (Lipinski definition) is 5. The lowest BCUT2D eigenvalue weighted by Crippen LogP contribution is -2.54. The molecule has 1 saturated carbocycles. The van der Waals surface area contributed by atoms with Gasteiger partial charge in [0.25, 0.3) is 5.91 Å². The second-order valence-corrected chi connectivity index (χ2v) is 10.6. The number of rotatable bonds is 8. The van der Waals surface area contributed by atoms with Gasteiger partial charge in [-0.3, -0.25) is 4.79 Å². The number of nitrogens with one attached hydrogen (secondary N) is 2. The normalized spacial score (nSPS) is 21.1. The molecule has 1 aliphatic carbocycles. The van der Waals surface area contributed by atoms with Crippen LogP contribution < -0.4 is 15.4 Å². The Morgan fingerprint density at radius 3 is 2.75 bits per heavy atom. The summed E-state index contributed by atoms with van der Waals surface area (Å²) in [6, 6.07) is 13.3. The Kier molecular flexibility index (Phi) is 8.86. The second kappa shape index (κ2) is 12.7. The first kappa shape index (κ1) is 27.9. The molecule has 0 spiro atoms. The predicted octanol–water partition coefficient (Wildman–Crippen LogP) is 4.98. The Hall–Kier alpha value is -3.63. The van der Waals surface area contributed by atoms with Crippen LogP contribution in [0.5, 0.6) is 5.75 Å². The van der Waals surface area contributed by atoms with E-state index in [2.05, 4.69) is 15.6 Å². The third-order valence-corrected chi connectivity index (χ3v) is 7.89. The van der Waals surface area contributed by atoms with E-state index in [0.29, 0.717) is 42.5 Å². The van der Waals surface area contributed by atoms with Gasteiger partial charge in [0, 0.05) is 42.7 Å². The standard InChI is InChI=1S/C29H33ClFN5O4/c30-20-10-11-25(22(31)16-20)40-15-12-21-17-32-13-14-35(21)28(37)26-27(19-6-2-1-3-7-19)36(18-33-26)24-9-5-4-8-23(24)34-29(38)39/h1-3,6-7,10-11,16,18,21,23-24,32,34H,4-5,8-9,12-15,17H2,(H,38,39)/t21-,23+,24+/m1/s1. The van der Waals surface area contributed by atoms with Crippen LogP contribution in [-0.4, -0.2) is 69.9 Å². The molecule has 11 heteroatoms. The lowest BCUT2D eigenvalue weighted by molar-refractivity contribution is 0.0600. The number of carbonyl (C=O) groups excluding carboxylic acids is 1. The number of piperazine rings is 1. The quantitative estimate of drug-likeness (QED) is 0.353. The van der Waals surface area contributed by atoms with Crippen LogP contribution in [0, 0.1) is 5.82 Å². The maximum absolute atomic E-state index is 14.2. The second-order valence-electron chi connectivity index (χ2n) is 10.2. The Morgan fingerprint density at radius 1 is 1.18 bits per heavy atom. The van der Waals surface area contributed by atoms with Gasteiger partial charge in [0.05, 0.1) is 30.7 Å². The van der Waals surface area contributed by atoms with Gasteiger partial charge in [-0.2, -0.15) is 0 Å². The number of benzene rings is 2. The molecule has 3 aromatic rings. The summed E-state index contributed by atoms with van der Waals surface area (Å²) >= 11 is 5.84. The first-order valence-corrected chi connectivity index (χ1v) is 14.0. The maximum Gasteiger partial charge on any atom is 0.404 e. The zero-order valence-electron chi connectivity index (χ0n) is 22.1. The summed E-state index contributed by atoms with van der Waals surface area (Å²) < 4.78 is 21.8. The first-order chi connectivity index (χ1) is 19.4. The number of halogens is 2. The molecule has 1 aliphatic heterocycles. The lowest BCUT2D eigenvalue weighted by atomic mass is 9.89. The lowest BCUT2D eigenvalue weighted by Gasteiger charge is -2.36. The molecule has 0 radical (unpaired) electrons. The van der Waals surface area contributed by atoms with Crippen LogP contribution in [-0.2, 0) is 0 Å². The summed E-state index contributed by atoms with van der Waals surface area (Å²) in [6.45, 7) is 1.93. The first-order valence-electron chi connectivity index (χ1n) is 13.6. The van der Waals surface area contributed by atoms with Crippen molar-refractivity contribution in [1.82, 2.24) is 25.1 Å². The molecular formula is C29H33ClFN5O4. The number of ether oxygens (including phenoxy) is 1. The fraction of sp³-hybridized carbons (Fsp3) is 0.414. The topological polar surface area (TPSA) is 109 Å². The fourth-order valence-electron chi connectivity index (χ4n) is 5.74. The minimum absolute atomic E-state index is 0.119. The molecule has 9 nitrogen and oxygen atoms in total. The minimum Gasteiger partial charge on any atom is -0.490 e. The molecule has 2 heterocycles. The van der Waals surface area contributed by atoms with Gasteiger partial charge in [-0.15, -0.1) is 0 Å². The van der Waals surface area contributed by atoms with Crippen LogP contribution in [0.15, 0.2) is 54.9 Å². The molecule has 2 aromatic carbocycles. The van der Waals surface area contributed by atoms with Crippen molar-refractivity contribution in [2.75, 3.05) is 26.2 Å². The number of imidazole rings is 1. The molecule has 0 unspecified atom stereocenters. The average molecular weight is 570 g/mol. The van der Waals surface area contributed by atoms with E-state index in [1.807, 2.05) is 39.8 Å². The Bertz CT molecular complexity index is 1340. The number of amides is 2. The van der Waals surface area contributed by atoms with Crippen LogP contribution in [0.4, 0.5) is 9.18 Å². The smallest absolute Gasteiger partial charge is 0.404 e. The highest BCUT2D eigenvalue weighted by molar-refractivity contribution is 6.30. The van der Waals surface area contributed by atoms with E-state index in [1.54, 1.807) is 12.4 Å². The molecule has 1 saturated heterocycles. The van der Waals surface area contributed by atoms with Gasteiger partial charge in [0.15, 0.2) is 17.3 Å². The number of carboxylic acid groups (broad SMARTS) is 1. The Balaban J connectivity index is 1.40. The highest BCUT2D eigenvalue weighted by Gasteiger charge is 2.35. The average Bonchev–Trinajstić information content (AvgIpc) is 3.39. The third kappa shape index (κ3) is 6.23. The van der Waals surface area contributed by atoms with Gasteiger partial charge in [-0.25, -0.2) is 14.2 Å². The van der Waals surface area contributed by atoms with Crippen molar-refractivity contribution in [2.24, 2.45) is 0 Å². The van der Waals surface area contributed by atoms with Gasteiger partial charge in [0.1, 0.15) is 0 Å². The summed E-state index contributed by atoms with van der Waals surface area (Å²) in [5.41, 5.74) is 1.87. The van der Waals surface area contributed by atoms with Gasteiger partial charge >= 0.3 is 6.09 Å². The molecule has 1 aromatic heterocycles. The van der Waals surface area contributed by atoms with E-state index in [9.17, 15) is 19.1 Å². The molecular weight excluding hydrogens is 537 g/mol. The van der Waals surface area contributed by atoms with Gasteiger partial charge < -0.3 is 29.9 Å². The van der Waals surface area contributed by atoms with Crippen molar-refractivity contribution < 1.29 is 23.8 Å². The third-order valence-electron chi connectivity index (χ3n) is 7.65. The molecule has 2 aliphatic rings. The Morgan fingerprint density at radius 2 is 1.98 bits per heavy atom. The van der Waals surface area contributed by atoms with E-state index < -0.39 is 11.9 Å². The summed E-state index contributed by atoms with van der Waals surface area (Å²) in [5, 5.41) is 15.8. The van der Waals surface area contributed by atoms with E-state index in [-0.39, 0.29) is 36.4 Å². The highest BCUT2D eigenvalue weighted by atomic mass is 35.5. The maximum atomic E-state index is 14.2. The van der Waals surface area contributed by atoms with Crippen LogP contribution in [0.1, 0.15) is 48.6 Å². The summed E-state index contributed by atoms with van der Waals surface area (Å²) in [6.07, 6.45) is 4.52. The zero-order chi connectivity index (χ0) is 28.1. The molecule has 2 amide bonds. The summed E-state index contributed by atoms with van der Waals surface area (Å²) in [7, 11) is 0. The van der Waals surface area contributed by atoms with Crippen LogP contribution >= 0.6 is 11.6 Å². The molecule has 2 fully saturated rings. The van der Waals surface area contributed by atoms with Crippen LogP contribution in [0.2, 0.25) is 5.02 Å². The van der Waals surface area contributed by atoms with Crippen molar-refractivity contribution in [3.05, 3.63) is 71.4 Å². The molecule has 5 rings (SSSR count). The van der Waals surface area contributed by atoms with Crippen molar-refractivity contribution in [3.8, 4) is 17.0 Å². The monoisotopic (exact) mass is 569 g/mol. The van der Waals surface area contributed by atoms with Gasteiger partial charge in [0.2, 0.25) is 0 Å². The number of aromatic nitrogens is 2. The predicted molar refractivity (Wildman–Crippen MR) is 149 cm³/mol. The van der Waals surface area contributed by atoms with Gasteiger partial charge in [-0.1, -0.05) is 54.8 Å². The molecule has 212 valence electrons. The number of carbonyl (C=O) groups is 2. The number of nitrogens with zero attached hydrogens (tertiary/aromatic N) is 3. The van der Waals surface area contributed by atoms with Crippen molar-refractivity contribution in [2.45, 2.75) is 50.2 Å².